The SMILES string of the molecule is O=C(Nc1cc(Cl)ccc1-n1cncn1)c1ccc(Cn2ccccc2=O)o1. The van der Waals surface area contributed by atoms with Crippen LogP contribution in [0.2, 0.25) is 5.02 Å². The molecule has 8 nitrogen and oxygen atoms in total. The lowest BCUT2D eigenvalue weighted by Gasteiger charge is -2.10. The second-order valence-electron chi connectivity index (χ2n) is 5.89. The Bertz CT molecular complexity index is 1180. The van der Waals surface area contributed by atoms with Gasteiger partial charge in [0.05, 0.1) is 17.9 Å². The van der Waals surface area contributed by atoms with Crippen LogP contribution in [0.1, 0.15) is 16.3 Å². The molecule has 3 aromatic heterocycles. The summed E-state index contributed by atoms with van der Waals surface area (Å²) in [5.41, 5.74) is 0.916. The second kappa shape index (κ2) is 7.53. The van der Waals surface area contributed by atoms with Crippen LogP contribution in [0.5, 0.6) is 0 Å². The standard InChI is InChI=1S/C19H14ClN5O3/c20-13-4-6-16(25-12-21-11-22-25)15(9-13)23-19(27)17-7-5-14(28-17)10-24-8-2-1-3-18(24)26/h1-9,11-12H,10H2,(H,23,27). The largest absolute Gasteiger partial charge is 0.454 e. The van der Waals surface area contributed by atoms with Gasteiger partial charge in [-0.25, -0.2) is 9.67 Å². The molecule has 28 heavy (non-hydrogen) atoms. The van der Waals surface area contributed by atoms with Crippen LogP contribution in [0.3, 0.4) is 0 Å². The van der Waals surface area contributed by atoms with E-state index in [0.717, 1.165) is 0 Å². The molecule has 0 radical (unpaired) electrons. The van der Waals surface area contributed by atoms with Crippen LogP contribution in [0.4, 0.5) is 5.69 Å². The van der Waals surface area contributed by atoms with Crippen LogP contribution in [-0.4, -0.2) is 25.2 Å². The molecule has 0 spiro atoms. The number of hydrogen-bond acceptors (Lipinski definition) is 5. The number of nitrogens with one attached hydrogen (secondary N) is 1. The van der Waals surface area contributed by atoms with E-state index in [2.05, 4.69) is 15.4 Å². The molecule has 0 aliphatic rings. The van der Waals surface area contributed by atoms with Crippen molar-refractivity contribution < 1.29 is 9.21 Å². The molecule has 1 aromatic carbocycles. The molecule has 0 fully saturated rings. The number of pyridine rings is 1. The van der Waals surface area contributed by atoms with E-state index in [0.29, 0.717) is 22.2 Å². The smallest absolute Gasteiger partial charge is 0.291 e. The number of carbonyl (C=O) groups excluding carboxylic acids is 1. The number of halogens is 1. The zero-order chi connectivity index (χ0) is 19.5. The second-order valence-corrected chi connectivity index (χ2v) is 6.32. The molecule has 1 amide bonds. The van der Waals surface area contributed by atoms with E-state index in [1.54, 1.807) is 48.7 Å². The molecule has 0 unspecified atom stereocenters. The lowest BCUT2D eigenvalue weighted by Crippen LogP contribution is -2.18. The number of furan rings is 1. The number of rotatable bonds is 5. The van der Waals surface area contributed by atoms with Gasteiger partial charge in [0.1, 0.15) is 18.4 Å². The van der Waals surface area contributed by atoms with Gasteiger partial charge in [0, 0.05) is 17.3 Å². The molecule has 0 bridgehead atoms. The topological polar surface area (TPSA) is 95.0 Å². The molecule has 4 rings (SSSR count). The molecule has 0 saturated heterocycles. The summed E-state index contributed by atoms with van der Waals surface area (Å²) in [6.07, 6.45) is 4.56. The Kier molecular flexibility index (Phi) is 4.77. The zero-order valence-electron chi connectivity index (χ0n) is 14.4. The normalized spacial score (nSPS) is 10.8. The van der Waals surface area contributed by atoms with E-state index < -0.39 is 5.91 Å². The van der Waals surface area contributed by atoms with E-state index in [9.17, 15) is 9.59 Å². The maximum Gasteiger partial charge on any atom is 0.291 e. The first-order valence-electron chi connectivity index (χ1n) is 8.30. The van der Waals surface area contributed by atoms with Gasteiger partial charge in [-0.3, -0.25) is 9.59 Å². The summed E-state index contributed by atoms with van der Waals surface area (Å²) < 4.78 is 8.60. The summed E-state index contributed by atoms with van der Waals surface area (Å²) in [4.78, 5) is 28.3. The molecule has 0 aliphatic heterocycles. The average Bonchev–Trinajstić information content (AvgIpc) is 3.36. The molecular formula is C19H14ClN5O3. The predicted octanol–water partition coefficient (Wildman–Crippen LogP) is 2.98. The van der Waals surface area contributed by atoms with Crippen molar-refractivity contribution in [3.05, 3.63) is 94.3 Å². The summed E-state index contributed by atoms with van der Waals surface area (Å²) in [5, 5.41) is 7.30. The van der Waals surface area contributed by atoms with Crippen molar-refractivity contribution in [3.63, 3.8) is 0 Å². The summed E-state index contributed by atoms with van der Waals surface area (Å²) in [5.74, 6) is 0.153. The zero-order valence-corrected chi connectivity index (χ0v) is 15.2. The predicted molar refractivity (Wildman–Crippen MR) is 103 cm³/mol. The van der Waals surface area contributed by atoms with Gasteiger partial charge >= 0.3 is 0 Å². The fraction of sp³-hybridized carbons (Fsp3) is 0.0526. The molecule has 3 heterocycles. The van der Waals surface area contributed by atoms with Crippen LogP contribution < -0.4 is 10.9 Å². The molecular weight excluding hydrogens is 382 g/mol. The third-order valence-electron chi connectivity index (χ3n) is 3.98. The van der Waals surface area contributed by atoms with Crippen molar-refractivity contribution in [1.82, 2.24) is 19.3 Å². The summed E-state index contributed by atoms with van der Waals surface area (Å²) in [6, 6.07) is 13.1. The Hall–Kier alpha value is -3.65. The minimum absolute atomic E-state index is 0.114. The number of amides is 1. The maximum atomic E-state index is 12.6. The number of nitrogens with zero attached hydrogens (tertiary/aromatic N) is 4. The van der Waals surface area contributed by atoms with Crippen LogP contribution in [0.25, 0.3) is 5.69 Å². The number of benzene rings is 1. The summed E-state index contributed by atoms with van der Waals surface area (Å²) >= 11 is 6.06. The first-order chi connectivity index (χ1) is 13.6. The lowest BCUT2D eigenvalue weighted by molar-refractivity contribution is 0.0994. The highest BCUT2D eigenvalue weighted by Gasteiger charge is 2.15. The molecule has 4 aromatic rings. The van der Waals surface area contributed by atoms with Crippen molar-refractivity contribution in [1.29, 1.82) is 0 Å². The van der Waals surface area contributed by atoms with Gasteiger partial charge in [0.15, 0.2) is 5.76 Å². The van der Waals surface area contributed by atoms with Crippen molar-refractivity contribution >= 4 is 23.2 Å². The molecule has 0 atom stereocenters. The van der Waals surface area contributed by atoms with Crippen LogP contribution in [-0.2, 0) is 6.54 Å². The van der Waals surface area contributed by atoms with Gasteiger partial charge in [-0.05, 0) is 36.4 Å². The molecule has 1 N–H and O–H groups in total. The van der Waals surface area contributed by atoms with Crippen LogP contribution in [0.15, 0.2) is 76.6 Å². The lowest BCUT2D eigenvalue weighted by atomic mass is 10.2. The fourth-order valence-electron chi connectivity index (χ4n) is 2.67. The van der Waals surface area contributed by atoms with Crippen molar-refractivity contribution in [2.75, 3.05) is 5.32 Å². The Morgan fingerprint density at radius 2 is 2.07 bits per heavy atom. The van der Waals surface area contributed by atoms with E-state index in [4.69, 9.17) is 16.0 Å². The van der Waals surface area contributed by atoms with Gasteiger partial charge < -0.3 is 14.3 Å². The van der Waals surface area contributed by atoms with Gasteiger partial charge in [0.25, 0.3) is 11.5 Å². The summed E-state index contributed by atoms with van der Waals surface area (Å²) in [7, 11) is 0. The molecule has 0 aliphatic carbocycles. The molecule has 140 valence electrons. The minimum atomic E-state index is -0.449. The van der Waals surface area contributed by atoms with Crippen LogP contribution in [0, 0.1) is 0 Å². The minimum Gasteiger partial charge on any atom is -0.454 e. The Morgan fingerprint density at radius 1 is 1.18 bits per heavy atom. The number of aromatic nitrogens is 4. The molecule has 0 saturated carbocycles. The number of hydrogen-bond donors (Lipinski definition) is 1. The van der Waals surface area contributed by atoms with E-state index in [1.165, 1.54) is 28.0 Å². The highest BCUT2D eigenvalue weighted by molar-refractivity contribution is 6.31. The van der Waals surface area contributed by atoms with Gasteiger partial charge in [-0.15, -0.1) is 0 Å². The third kappa shape index (κ3) is 3.72. The Labute approximate surface area is 164 Å². The highest BCUT2D eigenvalue weighted by Crippen LogP contribution is 2.24. The number of carbonyl (C=O) groups is 1. The monoisotopic (exact) mass is 395 g/mol. The van der Waals surface area contributed by atoms with Crippen molar-refractivity contribution in [3.8, 4) is 5.69 Å². The first-order valence-corrected chi connectivity index (χ1v) is 8.68. The average molecular weight is 396 g/mol. The highest BCUT2D eigenvalue weighted by atomic mass is 35.5. The Morgan fingerprint density at radius 3 is 2.86 bits per heavy atom. The van der Waals surface area contributed by atoms with Crippen molar-refractivity contribution in [2.24, 2.45) is 0 Å². The van der Waals surface area contributed by atoms with Crippen LogP contribution >= 0.6 is 11.6 Å². The quantitative estimate of drug-likeness (QED) is 0.560. The number of anilines is 1. The maximum absolute atomic E-state index is 12.6. The third-order valence-corrected chi connectivity index (χ3v) is 4.22. The van der Waals surface area contributed by atoms with E-state index in [-0.39, 0.29) is 17.9 Å². The molecule has 9 heteroatoms. The fourth-order valence-corrected chi connectivity index (χ4v) is 2.84. The van der Waals surface area contributed by atoms with Gasteiger partial charge in [0.2, 0.25) is 0 Å². The van der Waals surface area contributed by atoms with Crippen molar-refractivity contribution in [2.45, 2.75) is 6.54 Å². The Balaban J connectivity index is 1.55. The summed E-state index contributed by atoms with van der Waals surface area (Å²) in [6.45, 7) is 0.230. The van der Waals surface area contributed by atoms with E-state index in [1.807, 2.05) is 0 Å². The van der Waals surface area contributed by atoms with Gasteiger partial charge in [-0.1, -0.05) is 17.7 Å². The first kappa shape index (κ1) is 17.7. The van der Waals surface area contributed by atoms with E-state index >= 15 is 0 Å². The van der Waals surface area contributed by atoms with Gasteiger partial charge in [-0.2, -0.15) is 5.10 Å².